The maximum Gasteiger partial charge on any atom is 0.0482 e. The SMILES string of the molecule is C=C/C=C(\C=C)C(C)(C)c1ccc(Sc2ccc(C(P)(P)c3ccccc3)cc2)cc1.CC.CC. The number of benzene rings is 3. The van der Waals surface area contributed by atoms with Crippen LogP contribution in [0.15, 0.2) is 126 Å². The van der Waals surface area contributed by atoms with E-state index in [1.54, 1.807) is 11.8 Å². The first kappa shape index (κ1) is 31.1. The average molecular weight is 521 g/mol. The molecular formula is C32H42P2S. The van der Waals surface area contributed by atoms with E-state index in [1.165, 1.54) is 26.5 Å². The quantitative estimate of drug-likeness (QED) is 0.210. The molecule has 3 aromatic carbocycles. The molecule has 0 heterocycles. The zero-order valence-corrected chi connectivity index (χ0v) is 25.3. The Balaban J connectivity index is 0.00000145. The molecule has 0 N–H and O–H groups in total. The van der Waals surface area contributed by atoms with Crippen molar-refractivity contribution in [2.45, 2.75) is 61.6 Å². The molecule has 2 atom stereocenters. The van der Waals surface area contributed by atoms with Crippen LogP contribution in [0.5, 0.6) is 0 Å². The van der Waals surface area contributed by atoms with Crippen LogP contribution in [0.4, 0.5) is 0 Å². The van der Waals surface area contributed by atoms with Gasteiger partial charge >= 0.3 is 0 Å². The lowest BCUT2D eigenvalue weighted by molar-refractivity contribution is 0.639. The summed E-state index contributed by atoms with van der Waals surface area (Å²) in [5, 5.41) is 0. The van der Waals surface area contributed by atoms with Crippen LogP contribution in [0.25, 0.3) is 0 Å². The Morgan fingerprint density at radius 2 is 1.11 bits per heavy atom. The molecule has 3 heteroatoms. The monoisotopic (exact) mass is 520 g/mol. The minimum absolute atomic E-state index is 0.112. The van der Waals surface area contributed by atoms with Gasteiger partial charge in [0.15, 0.2) is 0 Å². The van der Waals surface area contributed by atoms with Gasteiger partial charge in [-0.3, -0.25) is 0 Å². The van der Waals surface area contributed by atoms with Crippen molar-refractivity contribution in [1.82, 2.24) is 0 Å². The number of hydrogen-bond donors (Lipinski definition) is 0. The predicted octanol–water partition coefficient (Wildman–Crippen LogP) is 10.4. The average Bonchev–Trinajstić information content (AvgIpc) is 2.90. The molecular weight excluding hydrogens is 478 g/mol. The molecule has 0 saturated heterocycles. The number of hydrogen-bond acceptors (Lipinski definition) is 1. The van der Waals surface area contributed by atoms with Crippen LogP contribution in [0, 0.1) is 0 Å². The Kier molecular flexibility index (Phi) is 13.6. The summed E-state index contributed by atoms with van der Waals surface area (Å²) in [6.45, 7) is 20.2. The van der Waals surface area contributed by atoms with Crippen LogP contribution in [0.1, 0.15) is 58.2 Å². The highest BCUT2D eigenvalue weighted by Gasteiger charge is 2.24. The lowest BCUT2D eigenvalue weighted by Gasteiger charge is -2.27. The minimum atomic E-state index is -0.181. The second-order valence-electron chi connectivity index (χ2n) is 8.07. The molecule has 0 saturated carbocycles. The molecule has 186 valence electrons. The first-order valence-electron chi connectivity index (χ1n) is 12.3. The highest BCUT2D eigenvalue weighted by Crippen LogP contribution is 2.45. The predicted molar refractivity (Wildman–Crippen MR) is 168 cm³/mol. The van der Waals surface area contributed by atoms with Gasteiger partial charge in [-0.1, -0.05) is 139 Å². The topological polar surface area (TPSA) is 0 Å². The van der Waals surface area contributed by atoms with Crippen molar-refractivity contribution >= 4 is 30.2 Å². The van der Waals surface area contributed by atoms with Gasteiger partial charge in [-0.25, -0.2) is 0 Å². The van der Waals surface area contributed by atoms with E-state index < -0.39 is 0 Å². The highest BCUT2D eigenvalue weighted by molar-refractivity contribution is 7.99. The summed E-state index contributed by atoms with van der Waals surface area (Å²) in [4.78, 5) is 2.28. The molecule has 0 spiro atoms. The zero-order valence-electron chi connectivity index (χ0n) is 22.2. The Morgan fingerprint density at radius 3 is 1.54 bits per heavy atom. The molecule has 2 unspecified atom stereocenters. The molecule has 0 aliphatic heterocycles. The third-order valence-corrected chi connectivity index (χ3v) is 7.98. The summed E-state index contributed by atoms with van der Waals surface area (Å²) in [7, 11) is 5.95. The molecule has 0 nitrogen and oxygen atoms in total. The van der Waals surface area contributed by atoms with E-state index in [-0.39, 0.29) is 10.3 Å². The minimum Gasteiger partial charge on any atom is -0.117 e. The van der Waals surface area contributed by atoms with Gasteiger partial charge in [0.05, 0.1) is 0 Å². The van der Waals surface area contributed by atoms with Crippen LogP contribution >= 0.6 is 30.2 Å². The maximum atomic E-state index is 3.97. The third-order valence-electron chi connectivity index (χ3n) is 5.63. The lowest BCUT2D eigenvalue weighted by Crippen LogP contribution is -2.19. The van der Waals surface area contributed by atoms with Crippen molar-refractivity contribution in [3.63, 3.8) is 0 Å². The summed E-state index contributed by atoms with van der Waals surface area (Å²) in [6.07, 6.45) is 5.77. The van der Waals surface area contributed by atoms with E-state index in [1.807, 2.05) is 45.9 Å². The number of allylic oxidation sites excluding steroid dienone is 4. The van der Waals surface area contributed by atoms with Crippen LogP contribution in [0.2, 0.25) is 0 Å². The van der Waals surface area contributed by atoms with Crippen molar-refractivity contribution in [2.75, 3.05) is 0 Å². The van der Waals surface area contributed by atoms with Crippen molar-refractivity contribution in [3.8, 4) is 0 Å². The fraction of sp³-hybridized carbons (Fsp3) is 0.250. The molecule has 3 aromatic rings. The van der Waals surface area contributed by atoms with Gasteiger partial charge in [0.25, 0.3) is 0 Å². The van der Waals surface area contributed by atoms with Crippen LogP contribution in [0.3, 0.4) is 0 Å². The van der Waals surface area contributed by atoms with Gasteiger partial charge in [0, 0.05) is 20.1 Å². The maximum absolute atomic E-state index is 3.97. The summed E-state index contributed by atoms with van der Waals surface area (Å²) in [5.41, 5.74) is 4.82. The fourth-order valence-corrected chi connectivity index (χ4v) is 5.17. The van der Waals surface area contributed by atoms with Crippen molar-refractivity contribution in [3.05, 3.63) is 133 Å². The smallest absolute Gasteiger partial charge is 0.0482 e. The van der Waals surface area contributed by atoms with Crippen molar-refractivity contribution < 1.29 is 0 Å². The lowest BCUT2D eigenvalue weighted by atomic mass is 9.77. The summed E-state index contributed by atoms with van der Waals surface area (Å²) in [6, 6.07) is 28.2. The summed E-state index contributed by atoms with van der Waals surface area (Å²) in [5.74, 6) is 0. The Bertz CT molecular complexity index is 1060. The molecule has 0 aliphatic carbocycles. The Labute approximate surface area is 223 Å². The molecule has 0 amide bonds. The Morgan fingerprint density at radius 1 is 0.686 bits per heavy atom. The molecule has 0 aliphatic rings. The van der Waals surface area contributed by atoms with E-state index in [0.717, 1.165) is 5.57 Å². The number of rotatable bonds is 8. The highest BCUT2D eigenvalue weighted by atomic mass is 32.2. The van der Waals surface area contributed by atoms with Gasteiger partial charge in [-0.05, 0) is 46.5 Å². The molecule has 3 rings (SSSR count). The second-order valence-corrected chi connectivity index (χ2v) is 11.7. The largest absolute Gasteiger partial charge is 0.117 e. The molecule has 0 radical (unpaired) electrons. The zero-order chi connectivity index (χ0) is 26.5. The summed E-state index contributed by atoms with van der Waals surface area (Å²) >= 11 is 1.78. The molecule has 0 aromatic heterocycles. The molecule has 0 fully saturated rings. The summed E-state index contributed by atoms with van der Waals surface area (Å²) < 4.78 is 0. The van der Waals surface area contributed by atoms with Gasteiger partial charge < -0.3 is 0 Å². The second kappa shape index (κ2) is 15.3. The van der Waals surface area contributed by atoms with E-state index in [4.69, 9.17) is 0 Å². The van der Waals surface area contributed by atoms with Crippen molar-refractivity contribution in [1.29, 1.82) is 0 Å². The van der Waals surface area contributed by atoms with E-state index >= 15 is 0 Å². The van der Waals surface area contributed by atoms with Gasteiger partial charge in [0.1, 0.15) is 0 Å². The Hall–Kier alpha value is -1.91. The fourth-order valence-electron chi connectivity index (χ4n) is 3.58. The first-order valence-corrected chi connectivity index (χ1v) is 14.2. The molecule has 0 bridgehead atoms. The first-order chi connectivity index (χ1) is 16.8. The van der Waals surface area contributed by atoms with E-state index in [0.29, 0.717) is 0 Å². The third kappa shape index (κ3) is 8.32. The van der Waals surface area contributed by atoms with Crippen LogP contribution in [-0.2, 0) is 10.3 Å². The van der Waals surface area contributed by atoms with Gasteiger partial charge in [-0.15, -0.1) is 18.5 Å². The standard InChI is InChI=1S/C28H30P2S.2C2H6/c1-5-10-21(6-2)27(3,4)22-13-17-25(18-14-22)31-26-19-15-24(16-20-26)28(29,30)23-11-8-7-9-12-23;2*1-2/h5-20H,1-2,29-30H2,3-4H3;2*1-2H3/b21-10+;;. The molecule has 35 heavy (non-hydrogen) atoms. The van der Waals surface area contributed by atoms with E-state index in [2.05, 4.69) is 124 Å². The van der Waals surface area contributed by atoms with Crippen LogP contribution < -0.4 is 0 Å². The van der Waals surface area contributed by atoms with Crippen molar-refractivity contribution in [2.24, 2.45) is 0 Å². The van der Waals surface area contributed by atoms with Gasteiger partial charge in [-0.2, -0.15) is 0 Å². The van der Waals surface area contributed by atoms with Gasteiger partial charge in [0.2, 0.25) is 0 Å². The normalized spacial score (nSPS) is 11.4. The van der Waals surface area contributed by atoms with Crippen LogP contribution in [-0.4, -0.2) is 0 Å². The van der Waals surface area contributed by atoms with E-state index in [9.17, 15) is 0 Å².